The molecule has 0 aliphatic heterocycles. The molecule has 0 aliphatic rings. The molecule has 1 aromatic rings. The summed E-state index contributed by atoms with van der Waals surface area (Å²) < 4.78 is 4.94. The second kappa shape index (κ2) is 4.92. The van der Waals surface area contributed by atoms with Gasteiger partial charge in [0.05, 0.1) is 5.56 Å². The molecule has 0 fully saturated rings. The topological polar surface area (TPSA) is 26.3 Å². The van der Waals surface area contributed by atoms with Crippen LogP contribution in [0, 0.1) is 6.92 Å². The molecule has 0 heterocycles. The fourth-order valence-corrected chi connectivity index (χ4v) is 1.11. The molecule has 1 rings (SSSR count). The van der Waals surface area contributed by atoms with Crippen molar-refractivity contribution in [2.45, 2.75) is 6.92 Å². The molecule has 0 aliphatic carbocycles. The number of carbonyl (C=O) groups is 1. The number of ether oxygens (including phenoxy) is 1. The van der Waals surface area contributed by atoms with Gasteiger partial charge in [0.2, 0.25) is 0 Å². The third kappa shape index (κ3) is 3.11. The SMILES string of the molecule is CSCOC(=O)c1ccc(C)cc1. The maximum absolute atomic E-state index is 11.3. The molecule has 3 heteroatoms. The highest BCUT2D eigenvalue weighted by Gasteiger charge is 2.04. The zero-order valence-electron chi connectivity index (χ0n) is 7.74. The third-order valence-corrected chi connectivity index (χ3v) is 1.95. The third-order valence-electron chi connectivity index (χ3n) is 1.60. The van der Waals surface area contributed by atoms with Gasteiger partial charge in [-0.1, -0.05) is 17.7 Å². The maximum Gasteiger partial charge on any atom is 0.338 e. The summed E-state index contributed by atoms with van der Waals surface area (Å²) in [5.74, 6) is 0.154. The number of hydrogen-bond donors (Lipinski definition) is 0. The van der Waals surface area contributed by atoms with Crippen molar-refractivity contribution in [3.63, 3.8) is 0 Å². The number of esters is 1. The highest BCUT2D eigenvalue weighted by atomic mass is 32.2. The number of carbonyl (C=O) groups excluding carboxylic acids is 1. The highest BCUT2D eigenvalue weighted by Crippen LogP contribution is 2.05. The van der Waals surface area contributed by atoms with E-state index in [-0.39, 0.29) is 5.97 Å². The zero-order chi connectivity index (χ0) is 9.68. The summed E-state index contributed by atoms with van der Waals surface area (Å²) in [6.07, 6.45) is 1.89. The molecule has 0 aromatic heterocycles. The van der Waals surface area contributed by atoms with E-state index in [1.807, 2.05) is 25.3 Å². The Hall–Kier alpha value is -0.960. The Morgan fingerprint density at radius 2 is 2.00 bits per heavy atom. The van der Waals surface area contributed by atoms with Gasteiger partial charge in [-0.05, 0) is 25.3 Å². The number of benzene rings is 1. The molecule has 0 spiro atoms. The number of rotatable bonds is 3. The summed E-state index contributed by atoms with van der Waals surface area (Å²) in [5, 5.41) is 0. The minimum absolute atomic E-state index is 0.255. The van der Waals surface area contributed by atoms with Gasteiger partial charge < -0.3 is 4.74 Å². The Bertz CT molecular complexity index is 279. The van der Waals surface area contributed by atoms with Gasteiger partial charge in [-0.3, -0.25) is 0 Å². The van der Waals surface area contributed by atoms with E-state index in [4.69, 9.17) is 4.74 Å². The predicted molar refractivity (Wildman–Crippen MR) is 55.0 cm³/mol. The summed E-state index contributed by atoms with van der Waals surface area (Å²) >= 11 is 1.48. The predicted octanol–water partition coefficient (Wildman–Crippen LogP) is 2.47. The Labute approximate surface area is 82.3 Å². The van der Waals surface area contributed by atoms with E-state index in [9.17, 15) is 4.79 Å². The molecule has 0 saturated carbocycles. The molecular weight excluding hydrogens is 184 g/mol. The van der Waals surface area contributed by atoms with Crippen LogP contribution in [0.2, 0.25) is 0 Å². The Morgan fingerprint density at radius 3 is 2.54 bits per heavy atom. The van der Waals surface area contributed by atoms with Crippen LogP contribution >= 0.6 is 11.8 Å². The van der Waals surface area contributed by atoms with E-state index in [0.717, 1.165) is 5.56 Å². The zero-order valence-corrected chi connectivity index (χ0v) is 8.56. The second-order valence-corrected chi connectivity index (χ2v) is 3.52. The van der Waals surface area contributed by atoms with Gasteiger partial charge in [0.1, 0.15) is 5.94 Å². The van der Waals surface area contributed by atoms with E-state index < -0.39 is 0 Å². The highest BCUT2D eigenvalue weighted by molar-refractivity contribution is 7.98. The molecule has 0 amide bonds. The lowest BCUT2D eigenvalue weighted by atomic mass is 10.2. The summed E-state index contributed by atoms with van der Waals surface area (Å²) in [4.78, 5) is 11.3. The van der Waals surface area contributed by atoms with Gasteiger partial charge >= 0.3 is 5.97 Å². The largest absolute Gasteiger partial charge is 0.451 e. The van der Waals surface area contributed by atoms with Crippen LogP contribution < -0.4 is 0 Å². The van der Waals surface area contributed by atoms with Gasteiger partial charge in [-0.2, -0.15) is 0 Å². The van der Waals surface area contributed by atoms with Crippen molar-refractivity contribution in [1.29, 1.82) is 0 Å². The molecular formula is C10H12O2S. The average molecular weight is 196 g/mol. The van der Waals surface area contributed by atoms with Gasteiger partial charge in [0.25, 0.3) is 0 Å². The monoisotopic (exact) mass is 196 g/mol. The standard InChI is InChI=1S/C10H12O2S/c1-8-3-5-9(6-4-8)10(11)12-7-13-2/h3-6H,7H2,1-2H3. The van der Waals surface area contributed by atoms with Crippen molar-refractivity contribution < 1.29 is 9.53 Å². The van der Waals surface area contributed by atoms with E-state index in [2.05, 4.69) is 0 Å². The van der Waals surface area contributed by atoms with Crippen molar-refractivity contribution in [3.8, 4) is 0 Å². The lowest BCUT2D eigenvalue weighted by molar-refractivity contribution is 0.0579. The van der Waals surface area contributed by atoms with Crippen LogP contribution in [0.5, 0.6) is 0 Å². The van der Waals surface area contributed by atoms with Crippen molar-refractivity contribution in [2.24, 2.45) is 0 Å². The van der Waals surface area contributed by atoms with Gasteiger partial charge in [-0.15, -0.1) is 11.8 Å². The minimum atomic E-state index is -0.255. The Morgan fingerprint density at radius 1 is 1.38 bits per heavy atom. The summed E-state index contributed by atoms with van der Waals surface area (Å²) in [7, 11) is 0. The lowest BCUT2D eigenvalue weighted by Gasteiger charge is -2.02. The molecule has 0 bridgehead atoms. The number of thioether (sulfide) groups is 1. The van der Waals surface area contributed by atoms with Crippen LogP contribution in [0.1, 0.15) is 15.9 Å². The molecule has 1 aromatic carbocycles. The van der Waals surface area contributed by atoms with Crippen LogP contribution in [0.4, 0.5) is 0 Å². The summed E-state index contributed by atoms with van der Waals surface area (Å²) in [6, 6.07) is 7.35. The fourth-order valence-electron chi connectivity index (χ4n) is 0.885. The Kier molecular flexibility index (Phi) is 3.83. The normalized spacial score (nSPS) is 9.69. The van der Waals surface area contributed by atoms with Crippen LogP contribution in [0.25, 0.3) is 0 Å². The van der Waals surface area contributed by atoms with Crippen LogP contribution in [0.3, 0.4) is 0 Å². The van der Waals surface area contributed by atoms with Crippen LogP contribution in [-0.2, 0) is 4.74 Å². The molecule has 0 radical (unpaired) electrons. The van der Waals surface area contributed by atoms with Crippen molar-refractivity contribution in [3.05, 3.63) is 35.4 Å². The number of hydrogen-bond acceptors (Lipinski definition) is 3. The van der Waals surface area contributed by atoms with E-state index in [0.29, 0.717) is 11.5 Å². The molecule has 0 N–H and O–H groups in total. The van der Waals surface area contributed by atoms with Gasteiger partial charge in [-0.25, -0.2) is 4.79 Å². The Balaban J connectivity index is 2.61. The first-order valence-electron chi connectivity index (χ1n) is 3.97. The first kappa shape index (κ1) is 10.1. The van der Waals surface area contributed by atoms with Crippen LogP contribution in [0.15, 0.2) is 24.3 Å². The molecule has 13 heavy (non-hydrogen) atoms. The number of aryl methyl sites for hydroxylation is 1. The summed E-state index contributed by atoms with van der Waals surface area (Å²) in [5.41, 5.74) is 1.75. The van der Waals surface area contributed by atoms with Gasteiger partial charge in [0.15, 0.2) is 0 Å². The van der Waals surface area contributed by atoms with Crippen molar-refractivity contribution >= 4 is 17.7 Å². The van der Waals surface area contributed by atoms with Crippen molar-refractivity contribution in [2.75, 3.05) is 12.2 Å². The first-order chi connectivity index (χ1) is 6.24. The molecule has 2 nitrogen and oxygen atoms in total. The van der Waals surface area contributed by atoms with Crippen LogP contribution in [-0.4, -0.2) is 18.2 Å². The van der Waals surface area contributed by atoms with Gasteiger partial charge in [0, 0.05) is 0 Å². The lowest BCUT2D eigenvalue weighted by Crippen LogP contribution is -2.04. The molecule has 70 valence electrons. The van der Waals surface area contributed by atoms with Crippen molar-refractivity contribution in [1.82, 2.24) is 0 Å². The van der Waals surface area contributed by atoms with E-state index in [1.54, 1.807) is 12.1 Å². The smallest absolute Gasteiger partial charge is 0.338 e. The minimum Gasteiger partial charge on any atom is -0.451 e. The second-order valence-electron chi connectivity index (χ2n) is 2.70. The van der Waals surface area contributed by atoms with E-state index >= 15 is 0 Å². The first-order valence-corrected chi connectivity index (χ1v) is 5.36. The summed E-state index contributed by atoms with van der Waals surface area (Å²) in [6.45, 7) is 1.98. The quantitative estimate of drug-likeness (QED) is 0.548. The molecule has 0 saturated heterocycles. The average Bonchev–Trinajstić information content (AvgIpc) is 2.15. The molecule has 0 unspecified atom stereocenters. The fraction of sp³-hybridized carbons (Fsp3) is 0.300. The maximum atomic E-state index is 11.3. The molecule has 0 atom stereocenters. The van der Waals surface area contributed by atoms with E-state index in [1.165, 1.54) is 11.8 Å².